The normalized spacial score (nSPS) is 10.9. The molecule has 100 valence electrons. The average molecular weight is 305 g/mol. The van der Waals surface area contributed by atoms with E-state index in [0.29, 0.717) is 27.0 Å². The molecule has 0 saturated carbocycles. The first-order chi connectivity index (χ1) is 9.54. The van der Waals surface area contributed by atoms with Crippen LogP contribution in [0.4, 0.5) is 0 Å². The quantitative estimate of drug-likeness (QED) is 0.603. The zero-order valence-corrected chi connectivity index (χ0v) is 12.1. The number of furan rings is 1. The Morgan fingerprint density at radius 1 is 1.05 bits per heavy atom. The number of fused-ring (bicyclic) bond motifs is 1. The van der Waals surface area contributed by atoms with Crippen molar-refractivity contribution in [3.8, 4) is 0 Å². The molecule has 0 atom stereocenters. The molecule has 0 radical (unpaired) electrons. The molecular weight excluding hydrogens is 295 g/mol. The number of hydrogen-bond donors (Lipinski definition) is 0. The lowest BCUT2D eigenvalue weighted by atomic mass is 10.1. The van der Waals surface area contributed by atoms with Gasteiger partial charge in [0, 0.05) is 21.0 Å². The smallest absolute Gasteiger partial charge is 0.228 e. The molecule has 3 aromatic rings. The second-order valence-electron chi connectivity index (χ2n) is 4.59. The molecule has 0 saturated heterocycles. The van der Waals surface area contributed by atoms with E-state index in [4.69, 9.17) is 27.6 Å². The van der Waals surface area contributed by atoms with Gasteiger partial charge >= 0.3 is 0 Å². The second kappa shape index (κ2) is 4.97. The van der Waals surface area contributed by atoms with E-state index in [2.05, 4.69) is 0 Å². The van der Waals surface area contributed by atoms with Crippen molar-refractivity contribution >= 4 is 40.0 Å². The largest absolute Gasteiger partial charge is 0.453 e. The highest BCUT2D eigenvalue weighted by atomic mass is 35.5. The van der Waals surface area contributed by atoms with Gasteiger partial charge in [0.05, 0.1) is 0 Å². The van der Waals surface area contributed by atoms with Crippen LogP contribution in [0, 0.1) is 6.92 Å². The lowest BCUT2D eigenvalue weighted by Gasteiger charge is -2.01. The van der Waals surface area contributed by atoms with Gasteiger partial charge in [-0.15, -0.1) is 0 Å². The fourth-order valence-electron chi connectivity index (χ4n) is 2.05. The van der Waals surface area contributed by atoms with Crippen LogP contribution in [0.25, 0.3) is 11.0 Å². The minimum absolute atomic E-state index is 0.169. The van der Waals surface area contributed by atoms with Gasteiger partial charge in [-0.05, 0) is 55.0 Å². The second-order valence-corrected chi connectivity index (χ2v) is 5.43. The van der Waals surface area contributed by atoms with E-state index in [1.807, 2.05) is 6.92 Å². The summed E-state index contributed by atoms with van der Waals surface area (Å²) in [6.07, 6.45) is 0. The van der Waals surface area contributed by atoms with Crippen molar-refractivity contribution in [2.24, 2.45) is 0 Å². The minimum Gasteiger partial charge on any atom is -0.453 e. The van der Waals surface area contributed by atoms with Crippen LogP contribution in [0.1, 0.15) is 21.7 Å². The Hall–Kier alpha value is -1.77. The molecule has 0 aliphatic rings. The monoisotopic (exact) mass is 304 g/mol. The molecule has 0 bridgehead atoms. The summed E-state index contributed by atoms with van der Waals surface area (Å²) in [6.45, 7) is 1.86. The summed E-state index contributed by atoms with van der Waals surface area (Å²) in [5.74, 6) is 0.126. The van der Waals surface area contributed by atoms with Crippen LogP contribution in [0.5, 0.6) is 0 Å². The molecule has 2 nitrogen and oxygen atoms in total. The first-order valence-electron chi connectivity index (χ1n) is 6.04. The van der Waals surface area contributed by atoms with Crippen LogP contribution in [0.2, 0.25) is 10.0 Å². The van der Waals surface area contributed by atoms with Crippen LogP contribution < -0.4 is 0 Å². The van der Waals surface area contributed by atoms with Crippen LogP contribution in [-0.2, 0) is 0 Å². The molecule has 0 unspecified atom stereocenters. The highest BCUT2D eigenvalue weighted by molar-refractivity contribution is 6.31. The maximum absolute atomic E-state index is 12.4. The van der Waals surface area contributed by atoms with Crippen LogP contribution in [0.15, 0.2) is 46.9 Å². The van der Waals surface area contributed by atoms with E-state index in [1.165, 1.54) is 0 Å². The summed E-state index contributed by atoms with van der Waals surface area (Å²) >= 11 is 11.9. The molecule has 0 aliphatic heterocycles. The van der Waals surface area contributed by atoms with Gasteiger partial charge in [-0.3, -0.25) is 4.79 Å². The van der Waals surface area contributed by atoms with E-state index in [0.717, 1.165) is 10.9 Å². The first kappa shape index (κ1) is 13.2. The van der Waals surface area contributed by atoms with Gasteiger partial charge in [-0.1, -0.05) is 23.2 Å². The fourth-order valence-corrected chi connectivity index (χ4v) is 2.35. The number of rotatable bonds is 2. The Labute approximate surface area is 125 Å². The number of carbonyl (C=O) groups excluding carboxylic acids is 1. The Kier molecular flexibility index (Phi) is 3.28. The van der Waals surface area contributed by atoms with Crippen molar-refractivity contribution in [1.82, 2.24) is 0 Å². The molecule has 1 heterocycles. The number of aryl methyl sites for hydroxylation is 1. The van der Waals surface area contributed by atoms with Gasteiger partial charge in [0.25, 0.3) is 0 Å². The number of benzene rings is 2. The molecule has 20 heavy (non-hydrogen) atoms. The third kappa shape index (κ3) is 2.33. The molecular formula is C16H10Cl2O2. The van der Waals surface area contributed by atoms with E-state index < -0.39 is 0 Å². The summed E-state index contributed by atoms with van der Waals surface area (Å²) in [5, 5.41) is 2.06. The van der Waals surface area contributed by atoms with Gasteiger partial charge in [0.15, 0.2) is 5.76 Å². The fraction of sp³-hybridized carbons (Fsp3) is 0.0625. The molecule has 0 aliphatic carbocycles. The summed E-state index contributed by atoms with van der Waals surface area (Å²) in [5.41, 5.74) is 2.05. The SMILES string of the molecule is Cc1cc(C(=O)c2cc3cc(Cl)ccc3o2)ccc1Cl. The molecule has 0 N–H and O–H groups in total. The molecule has 2 aromatic carbocycles. The van der Waals surface area contributed by atoms with Crippen molar-refractivity contribution in [3.63, 3.8) is 0 Å². The summed E-state index contributed by atoms with van der Waals surface area (Å²) in [4.78, 5) is 12.4. The van der Waals surface area contributed by atoms with E-state index >= 15 is 0 Å². The molecule has 0 spiro atoms. The third-order valence-electron chi connectivity index (χ3n) is 3.12. The highest BCUT2D eigenvalue weighted by Gasteiger charge is 2.15. The Morgan fingerprint density at radius 3 is 2.60 bits per heavy atom. The Morgan fingerprint density at radius 2 is 1.85 bits per heavy atom. The maximum atomic E-state index is 12.4. The number of halogens is 2. The number of ketones is 1. The highest BCUT2D eigenvalue weighted by Crippen LogP contribution is 2.25. The standard InChI is InChI=1S/C16H10Cl2O2/c1-9-6-10(2-4-13(9)18)16(19)15-8-11-7-12(17)3-5-14(11)20-15/h2-8H,1H3. The summed E-state index contributed by atoms with van der Waals surface area (Å²) < 4.78 is 5.57. The Bertz CT molecular complexity index is 818. The summed E-state index contributed by atoms with van der Waals surface area (Å²) in [6, 6.07) is 12.1. The van der Waals surface area contributed by atoms with Gasteiger partial charge < -0.3 is 4.42 Å². The zero-order chi connectivity index (χ0) is 14.3. The van der Waals surface area contributed by atoms with Crippen molar-refractivity contribution in [2.45, 2.75) is 6.92 Å². The predicted octanol–water partition coefficient (Wildman–Crippen LogP) is 5.28. The van der Waals surface area contributed by atoms with Gasteiger partial charge in [-0.2, -0.15) is 0 Å². The van der Waals surface area contributed by atoms with Gasteiger partial charge in [0.1, 0.15) is 5.58 Å². The summed E-state index contributed by atoms with van der Waals surface area (Å²) in [7, 11) is 0. The van der Waals surface area contributed by atoms with E-state index in [-0.39, 0.29) is 5.78 Å². The lowest BCUT2D eigenvalue weighted by molar-refractivity contribution is 0.101. The van der Waals surface area contributed by atoms with Crippen LogP contribution in [-0.4, -0.2) is 5.78 Å². The first-order valence-corrected chi connectivity index (χ1v) is 6.80. The topological polar surface area (TPSA) is 30.2 Å². The molecule has 4 heteroatoms. The third-order valence-corrected chi connectivity index (χ3v) is 3.78. The van der Waals surface area contributed by atoms with Crippen molar-refractivity contribution in [1.29, 1.82) is 0 Å². The molecule has 0 fully saturated rings. The van der Waals surface area contributed by atoms with Gasteiger partial charge in [-0.25, -0.2) is 0 Å². The lowest BCUT2D eigenvalue weighted by Crippen LogP contribution is -1.99. The van der Waals surface area contributed by atoms with Crippen molar-refractivity contribution in [2.75, 3.05) is 0 Å². The molecule has 3 rings (SSSR count). The number of hydrogen-bond acceptors (Lipinski definition) is 2. The predicted molar refractivity (Wildman–Crippen MR) is 80.8 cm³/mol. The average Bonchev–Trinajstić information content (AvgIpc) is 2.84. The number of carbonyl (C=O) groups is 1. The molecule has 1 aromatic heterocycles. The minimum atomic E-state index is -0.169. The molecule has 0 amide bonds. The Balaban J connectivity index is 2.05. The zero-order valence-electron chi connectivity index (χ0n) is 10.6. The van der Waals surface area contributed by atoms with E-state index in [1.54, 1.807) is 42.5 Å². The van der Waals surface area contributed by atoms with E-state index in [9.17, 15) is 4.79 Å². The van der Waals surface area contributed by atoms with Crippen molar-refractivity contribution in [3.05, 3.63) is 69.4 Å². The maximum Gasteiger partial charge on any atom is 0.228 e. The van der Waals surface area contributed by atoms with Crippen LogP contribution >= 0.6 is 23.2 Å². The van der Waals surface area contributed by atoms with Gasteiger partial charge in [0.2, 0.25) is 5.78 Å². The van der Waals surface area contributed by atoms with Crippen LogP contribution in [0.3, 0.4) is 0 Å². The van der Waals surface area contributed by atoms with Crippen molar-refractivity contribution < 1.29 is 9.21 Å².